The van der Waals surface area contributed by atoms with Crippen molar-refractivity contribution in [1.82, 2.24) is 25.0 Å². The highest BCUT2D eigenvalue weighted by Crippen LogP contribution is 2.14. The maximum atomic E-state index is 4.42. The molecule has 0 aliphatic carbocycles. The second-order valence-electron chi connectivity index (χ2n) is 5.33. The molecule has 1 atom stereocenters. The van der Waals surface area contributed by atoms with Gasteiger partial charge in [-0.15, -0.1) is 0 Å². The molecular weight excluding hydrogens is 226 g/mol. The third-order valence-corrected chi connectivity index (χ3v) is 3.57. The van der Waals surface area contributed by atoms with E-state index >= 15 is 0 Å². The number of hydrogen-bond donors (Lipinski definition) is 1. The molecule has 0 radical (unpaired) electrons. The highest BCUT2D eigenvalue weighted by molar-refractivity contribution is 4.90. The molecule has 0 spiro atoms. The van der Waals surface area contributed by atoms with Gasteiger partial charge in [0, 0.05) is 31.7 Å². The Morgan fingerprint density at radius 1 is 1.50 bits per heavy atom. The minimum Gasteiger partial charge on any atom is -0.314 e. The molecule has 1 aliphatic rings. The first-order valence-corrected chi connectivity index (χ1v) is 7.05. The van der Waals surface area contributed by atoms with Crippen LogP contribution in [0.25, 0.3) is 0 Å². The van der Waals surface area contributed by atoms with E-state index in [1.807, 2.05) is 4.68 Å². The van der Waals surface area contributed by atoms with E-state index in [-0.39, 0.29) is 0 Å². The fourth-order valence-corrected chi connectivity index (χ4v) is 2.63. The summed E-state index contributed by atoms with van der Waals surface area (Å²) in [5.41, 5.74) is 0. The number of piperazine rings is 1. The molecule has 0 amide bonds. The molecule has 1 fully saturated rings. The van der Waals surface area contributed by atoms with Gasteiger partial charge in [-0.1, -0.05) is 13.3 Å². The molecule has 1 aromatic rings. The van der Waals surface area contributed by atoms with Crippen LogP contribution >= 0.6 is 0 Å². The van der Waals surface area contributed by atoms with E-state index in [0.29, 0.717) is 12.1 Å². The Bertz CT molecular complexity index is 358. The van der Waals surface area contributed by atoms with E-state index in [9.17, 15) is 0 Å². The summed E-state index contributed by atoms with van der Waals surface area (Å²) in [6, 6.07) is 1.02. The van der Waals surface area contributed by atoms with Crippen molar-refractivity contribution in [2.24, 2.45) is 0 Å². The van der Waals surface area contributed by atoms with Crippen molar-refractivity contribution in [2.75, 3.05) is 19.6 Å². The summed E-state index contributed by atoms with van der Waals surface area (Å²) in [6.07, 6.45) is 4.16. The minimum absolute atomic E-state index is 0.384. The summed E-state index contributed by atoms with van der Waals surface area (Å²) in [6.45, 7) is 10.8. The predicted octanol–water partition coefficient (Wildman–Crippen LogP) is 1.43. The van der Waals surface area contributed by atoms with Gasteiger partial charge in [0.15, 0.2) is 0 Å². The molecule has 18 heavy (non-hydrogen) atoms. The molecular formula is C13H25N5. The van der Waals surface area contributed by atoms with Crippen molar-refractivity contribution in [2.45, 2.75) is 52.2 Å². The third-order valence-electron chi connectivity index (χ3n) is 3.57. The summed E-state index contributed by atoms with van der Waals surface area (Å²) in [5.74, 6) is 1.09. The Labute approximate surface area is 110 Å². The predicted molar refractivity (Wildman–Crippen MR) is 72.4 cm³/mol. The topological polar surface area (TPSA) is 46.0 Å². The monoisotopic (exact) mass is 251 g/mol. The lowest BCUT2D eigenvalue weighted by atomic mass is 10.1. The smallest absolute Gasteiger partial charge is 0.141 e. The van der Waals surface area contributed by atoms with Crippen LogP contribution < -0.4 is 5.32 Å². The van der Waals surface area contributed by atoms with E-state index in [0.717, 1.165) is 32.0 Å². The summed E-state index contributed by atoms with van der Waals surface area (Å²) >= 11 is 0. The van der Waals surface area contributed by atoms with Crippen LogP contribution in [0.3, 0.4) is 0 Å². The number of nitrogens with one attached hydrogen (secondary N) is 1. The molecule has 1 N–H and O–H groups in total. The normalized spacial score (nSPS) is 21.7. The van der Waals surface area contributed by atoms with Crippen LogP contribution in [-0.4, -0.2) is 45.3 Å². The molecule has 5 nitrogen and oxygen atoms in total. The highest BCUT2D eigenvalue weighted by atomic mass is 15.4. The molecule has 1 aliphatic heterocycles. The molecule has 2 heterocycles. The molecule has 0 saturated carbocycles. The largest absolute Gasteiger partial charge is 0.314 e. The molecule has 0 aromatic carbocycles. The first-order chi connectivity index (χ1) is 8.72. The van der Waals surface area contributed by atoms with Crippen LogP contribution in [0.4, 0.5) is 0 Å². The molecule has 1 unspecified atom stereocenters. The van der Waals surface area contributed by atoms with Gasteiger partial charge in [0.05, 0.1) is 6.54 Å². The van der Waals surface area contributed by atoms with Gasteiger partial charge in [0.25, 0.3) is 0 Å². The number of rotatable bonds is 5. The Hall–Kier alpha value is -0.940. The summed E-state index contributed by atoms with van der Waals surface area (Å²) < 4.78 is 2.03. The van der Waals surface area contributed by atoms with E-state index in [1.165, 1.54) is 12.8 Å². The Kier molecular flexibility index (Phi) is 4.72. The lowest BCUT2D eigenvalue weighted by molar-refractivity contribution is 0.138. The summed E-state index contributed by atoms with van der Waals surface area (Å²) in [7, 11) is 0. The van der Waals surface area contributed by atoms with Crippen LogP contribution in [0.5, 0.6) is 0 Å². The molecule has 1 aromatic heterocycles. The second kappa shape index (κ2) is 6.29. The fourth-order valence-electron chi connectivity index (χ4n) is 2.63. The van der Waals surface area contributed by atoms with E-state index in [2.05, 4.69) is 41.1 Å². The zero-order valence-corrected chi connectivity index (χ0v) is 11.8. The average molecular weight is 251 g/mol. The zero-order chi connectivity index (χ0) is 13.0. The van der Waals surface area contributed by atoms with Crippen LogP contribution in [0.15, 0.2) is 6.33 Å². The Balaban J connectivity index is 2.03. The Morgan fingerprint density at radius 3 is 3.06 bits per heavy atom. The first kappa shape index (κ1) is 13.5. The van der Waals surface area contributed by atoms with Crippen molar-refractivity contribution in [3.63, 3.8) is 0 Å². The standard InChI is InChI=1S/C13H25N5/c1-4-5-12-8-14-6-7-17(12)9-13-15-10-16-18(13)11(2)3/h10-12,14H,4-9H2,1-3H3. The quantitative estimate of drug-likeness (QED) is 0.860. The second-order valence-corrected chi connectivity index (χ2v) is 5.33. The third kappa shape index (κ3) is 3.09. The highest BCUT2D eigenvalue weighted by Gasteiger charge is 2.23. The maximum Gasteiger partial charge on any atom is 0.141 e. The van der Waals surface area contributed by atoms with Gasteiger partial charge in [0.1, 0.15) is 12.2 Å². The summed E-state index contributed by atoms with van der Waals surface area (Å²) in [5, 5.41) is 7.80. The van der Waals surface area contributed by atoms with E-state index in [4.69, 9.17) is 0 Å². The zero-order valence-electron chi connectivity index (χ0n) is 11.8. The van der Waals surface area contributed by atoms with Gasteiger partial charge in [0.2, 0.25) is 0 Å². The van der Waals surface area contributed by atoms with Crippen LogP contribution in [0, 0.1) is 0 Å². The molecule has 102 valence electrons. The van der Waals surface area contributed by atoms with Gasteiger partial charge in [-0.3, -0.25) is 4.90 Å². The van der Waals surface area contributed by atoms with Crippen molar-refractivity contribution < 1.29 is 0 Å². The lowest BCUT2D eigenvalue weighted by Gasteiger charge is -2.35. The lowest BCUT2D eigenvalue weighted by Crippen LogP contribution is -2.50. The number of hydrogen-bond acceptors (Lipinski definition) is 4. The van der Waals surface area contributed by atoms with Gasteiger partial charge in [-0.25, -0.2) is 9.67 Å². The average Bonchev–Trinajstić information content (AvgIpc) is 2.80. The minimum atomic E-state index is 0.384. The molecule has 2 rings (SSSR count). The number of nitrogens with zero attached hydrogens (tertiary/aromatic N) is 4. The molecule has 5 heteroatoms. The summed E-state index contributed by atoms with van der Waals surface area (Å²) in [4.78, 5) is 6.96. The van der Waals surface area contributed by atoms with Gasteiger partial charge in [-0.05, 0) is 20.3 Å². The number of aromatic nitrogens is 3. The molecule has 1 saturated heterocycles. The van der Waals surface area contributed by atoms with Crippen molar-refractivity contribution in [3.05, 3.63) is 12.2 Å². The van der Waals surface area contributed by atoms with E-state index < -0.39 is 0 Å². The van der Waals surface area contributed by atoms with Crippen molar-refractivity contribution in [3.8, 4) is 0 Å². The Morgan fingerprint density at radius 2 is 2.33 bits per heavy atom. The maximum absolute atomic E-state index is 4.42. The van der Waals surface area contributed by atoms with Crippen molar-refractivity contribution in [1.29, 1.82) is 0 Å². The fraction of sp³-hybridized carbons (Fsp3) is 0.846. The van der Waals surface area contributed by atoms with Crippen LogP contribution in [0.2, 0.25) is 0 Å². The van der Waals surface area contributed by atoms with Gasteiger partial charge >= 0.3 is 0 Å². The van der Waals surface area contributed by atoms with Gasteiger partial charge in [-0.2, -0.15) is 5.10 Å². The van der Waals surface area contributed by atoms with Crippen molar-refractivity contribution >= 4 is 0 Å². The van der Waals surface area contributed by atoms with Gasteiger partial charge < -0.3 is 5.32 Å². The first-order valence-electron chi connectivity index (χ1n) is 7.05. The molecule has 0 bridgehead atoms. The SMILES string of the molecule is CCCC1CNCCN1Cc1ncnn1C(C)C. The van der Waals surface area contributed by atoms with Crippen LogP contribution in [-0.2, 0) is 6.54 Å². The van der Waals surface area contributed by atoms with E-state index in [1.54, 1.807) is 6.33 Å². The van der Waals surface area contributed by atoms with Crippen LogP contribution in [0.1, 0.15) is 45.5 Å².